The van der Waals surface area contributed by atoms with E-state index < -0.39 is 0 Å². The summed E-state index contributed by atoms with van der Waals surface area (Å²) in [5.41, 5.74) is 2.39. The highest BCUT2D eigenvalue weighted by atomic mass is 16.2. The molecule has 88 valence electrons. The Hall–Kier alpha value is -1.51. The average molecular weight is 220 g/mol. The largest absolute Gasteiger partial charge is 0.385 e. The highest BCUT2D eigenvalue weighted by molar-refractivity contribution is 5.75. The van der Waals surface area contributed by atoms with Crippen LogP contribution in [-0.2, 0) is 4.79 Å². The summed E-state index contributed by atoms with van der Waals surface area (Å²) in [4.78, 5) is 13.0. The van der Waals surface area contributed by atoms with Crippen LogP contribution in [0.5, 0.6) is 0 Å². The third kappa shape index (κ3) is 3.93. The van der Waals surface area contributed by atoms with Crippen molar-refractivity contribution in [3.63, 3.8) is 0 Å². The number of nitrogens with zero attached hydrogens (tertiary/aromatic N) is 1. The van der Waals surface area contributed by atoms with Gasteiger partial charge in [-0.05, 0) is 25.0 Å². The molecule has 0 bridgehead atoms. The summed E-state index contributed by atoms with van der Waals surface area (Å²) >= 11 is 0. The minimum absolute atomic E-state index is 0.187. The Bertz CT molecular complexity index is 348. The van der Waals surface area contributed by atoms with Crippen LogP contribution in [0.3, 0.4) is 0 Å². The lowest BCUT2D eigenvalue weighted by Crippen LogP contribution is -2.22. The van der Waals surface area contributed by atoms with Crippen LogP contribution in [0.25, 0.3) is 0 Å². The fraction of sp³-hybridized carbons (Fsp3) is 0.462. The second-order valence-electron chi connectivity index (χ2n) is 4.13. The summed E-state index contributed by atoms with van der Waals surface area (Å²) in [6.07, 6.45) is 1.47. The van der Waals surface area contributed by atoms with Crippen LogP contribution in [0.2, 0.25) is 0 Å². The van der Waals surface area contributed by atoms with Crippen molar-refractivity contribution in [1.82, 2.24) is 4.90 Å². The molecule has 1 rings (SSSR count). The van der Waals surface area contributed by atoms with Crippen LogP contribution >= 0.6 is 0 Å². The molecule has 0 aromatic heterocycles. The molecule has 3 heteroatoms. The summed E-state index contributed by atoms with van der Waals surface area (Å²) in [5, 5.41) is 3.34. The molecule has 0 saturated carbocycles. The average Bonchev–Trinajstić information content (AvgIpc) is 2.26. The van der Waals surface area contributed by atoms with Crippen LogP contribution in [0.4, 0.5) is 5.69 Å². The second kappa shape index (κ2) is 6.16. The smallest absolute Gasteiger partial charge is 0.222 e. The maximum absolute atomic E-state index is 11.3. The number of carbonyl (C=O) groups excluding carboxylic acids is 1. The third-order valence-electron chi connectivity index (χ3n) is 2.53. The van der Waals surface area contributed by atoms with E-state index in [-0.39, 0.29) is 5.91 Å². The lowest BCUT2D eigenvalue weighted by Gasteiger charge is -2.11. The Morgan fingerprint density at radius 3 is 2.62 bits per heavy atom. The molecule has 1 aromatic rings. The summed E-state index contributed by atoms with van der Waals surface area (Å²) in [6, 6.07) is 8.17. The van der Waals surface area contributed by atoms with Gasteiger partial charge < -0.3 is 10.2 Å². The predicted molar refractivity (Wildman–Crippen MR) is 67.6 cm³/mol. The van der Waals surface area contributed by atoms with Crippen molar-refractivity contribution in [2.75, 3.05) is 26.0 Å². The Morgan fingerprint density at radius 2 is 2.00 bits per heavy atom. The summed E-state index contributed by atoms with van der Waals surface area (Å²) in [5.74, 6) is 0.187. The predicted octanol–water partition coefficient (Wildman–Crippen LogP) is 2.28. The summed E-state index contributed by atoms with van der Waals surface area (Å²) in [6.45, 7) is 2.91. The molecular formula is C13H20N2O. The van der Waals surface area contributed by atoms with E-state index in [9.17, 15) is 4.79 Å². The molecule has 3 nitrogen and oxygen atoms in total. The van der Waals surface area contributed by atoms with Gasteiger partial charge >= 0.3 is 0 Å². The van der Waals surface area contributed by atoms with Crippen molar-refractivity contribution in [1.29, 1.82) is 0 Å². The van der Waals surface area contributed by atoms with Gasteiger partial charge in [-0.2, -0.15) is 0 Å². The van der Waals surface area contributed by atoms with E-state index in [4.69, 9.17) is 0 Å². The molecule has 0 aliphatic carbocycles. The molecule has 1 N–H and O–H groups in total. The lowest BCUT2D eigenvalue weighted by atomic mass is 10.2. The number of para-hydroxylation sites is 1. The van der Waals surface area contributed by atoms with E-state index in [0.29, 0.717) is 6.42 Å². The van der Waals surface area contributed by atoms with Crippen molar-refractivity contribution in [2.45, 2.75) is 19.8 Å². The van der Waals surface area contributed by atoms with Crippen LogP contribution in [0.1, 0.15) is 18.4 Å². The molecule has 0 aliphatic heterocycles. The van der Waals surface area contributed by atoms with Gasteiger partial charge in [0, 0.05) is 32.7 Å². The van der Waals surface area contributed by atoms with E-state index in [1.165, 1.54) is 5.56 Å². The summed E-state index contributed by atoms with van der Waals surface area (Å²) in [7, 11) is 3.58. The molecule has 0 heterocycles. The van der Waals surface area contributed by atoms with Crippen LogP contribution in [0.15, 0.2) is 24.3 Å². The molecule has 0 aliphatic rings. The zero-order valence-electron chi connectivity index (χ0n) is 10.3. The molecular weight excluding hydrogens is 200 g/mol. The van der Waals surface area contributed by atoms with Crippen LogP contribution in [0, 0.1) is 6.92 Å². The Balaban J connectivity index is 2.26. The van der Waals surface area contributed by atoms with Crippen molar-refractivity contribution in [3.8, 4) is 0 Å². The first-order chi connectivity index (χ1) is 7.61. The fourth-order valence-corrected chi connectivity index (χ4v) is 1.46. The topological polar surface area (TPSA) is 32.3 Å². The maximum Gasteiger partial charge on any atom is 0.222 e. The quantitative estimate of drug-likeness (QED) is 0.772. The van der Waals surface area contributed by atoms with Crippen LogP contribution < -0.4 is 5.32 Å². The first-order valence-corrected chi connectivity index (χ1v) is 5.61. The number of rotatable bonds is 5. The third-order valence-corrected chi connectivity index (χ3v) is 2.53. The monoisotopic (exact) mass is 220 g/mol. The number of hydrogen-bond acceptors (Lipinski definition) is 2. The van der Waals surface area contributed by atoms with Gasteiger partial charge in [0.2, 0.25) is 5.91 Å². The van der Waals surface area contributed by atoms with Gasteiger partial charge in [-0.3, -0.25) is 4.79 Å². The minimum Gasteiger partial charge on any atom is -0.385 e. The van der Waals surface area contributed by atoms with E-state index in [1.54, 1.807) is 19.0 Å². The zero-order chi connectivity index (χ0) is 12.0. The Labute approximate surface area is 97.5 Å². The van der Waals surface area contributed by atoms with Gasteiger partial charge in [-0.15, -0.1) is 0 Å². The van der Waals surface area contributed by atoms with Crippen molar-refractivity contribution in [3.05, 3.63) is 29.8 Å². The number of amides is 1. The molecule has 16 heavy (non-hydrogen) atoms. The highest BCUT2D eigenvalue weighted by Crippen LogP contribution is 2.12. The number of nitrogens with one attached hydrogen (secondary N) is 1. The minimum atomic E-state index is 0.187. The first kappa shape index (κ1) is 12.6. The van der Waals surface area contributed by atoms with E-state index in [1.807, 2.05) is 12.1 Å². The van der Waals surface area contributed by atoms with Crippen molar-refractivity contribution < 1.29 is 4.79 Å². The molecule has 0 radical (unpaired) electrons. The Kier molecular flexibility index (Phi) is 4.83. The molecule has 1 aromatic carbocycles. The SMILES string of the molecule is Cc1ccccc1NCCCC(=O)N(C)C. The van der Waals surface area contributed by atoms with Gasteiger partial charge in [-0.1, -0.05) is 18.2 Å². The zero-order valence-corrected chi connectivity index (χ0v) is 10.3. The highest BCUT2D eigenvalue weighted by Gasteiger charge is 2.02. The molecule has 0 atom stereocenters. The first-order valence-electron chi connectivity index (χ1n) is 5.61. The normalized spacial score (nSPS) is 9.94. The number of carbonyl (C=O) groups is 1. The Morgan fingerprint density at radius 1 is 1.31 bits per heavy atom. The van der Waals surface area contributed by atoms with Gasteiger partial charge in [0.25, 0.3) is 0 Å². The summed E-state index contributed by atoms with van der Waals surface area (Å²) < 4.78 is 0. The van der Waals surface area contributed by atoms with E-state index in [0.717, 1.165) is 18.7 Å². The van der Waals surface area contributed by atoms with Crippen molar-refractivity contribution >= 4 is 11.6 Å². The number of aryl methyl sites for hydroxylation is 1. The van der Waals surface area contributed by atoms with E-state index >= 15 is 0 Å². The molecule has 0 unspecified atom stereocenters. The van der Waals surface area contributed by atoms with Crippen molar-refractivity contribution in [2.24, 2.45) is 0 Å². The molecule has 0 spiro atoms. The molecule has 0 saturated heterocycles. The van der Waals surface area contributed by atoms with Gasteiger partial charge in [0.05, 0.1) is 0 Å². The fourth-order valence-electron chi connectivity index (χ4n) is 1.46. The number of hydrogen-bond donors (Lipinski definition) is 1. The second-order valence-corrected chi connectivity index (χ2v) is 4.13. The molecule has 0 fully saturated rings. The number of anilines is 1. The van der Waals surface area contributed by atoms with Gasteiger partial charge in [0.1, 0.15) is 0 Å². The lowest BCUT2D eigenvalue weighted by molar-refractivity contribution is -0.128. The standard InChI is InChI=1S/C13H20N2O/c1-11-7-4-5-8-12(11)14-10-6-9-13(16)15(2)3/h4-5,7-8,14H,6,9-10H2,1-3H3. The van der Waals surface area contributed by atoms with Gasteiger partial charge in [-0.25, -0.2) is 0 Å². The molecule has 1 amide bonds. The van der Waals surface area contributed by atoms with Gasteiger partial charge in [0.15, 0.2) is 0 Å². The maximum atomic E-state index is 11.3. The van der Waals surface area contributed by atoms with E-state index in [2.05, 4.69) is 24.4 Å². The van der Waals surface area contributed by atoms with Crippen LogP contribution in [-0.4, -0.2) is 31.4 Å². The number of benzene rings is 1.